The zero-order valence-corrected chi connectivity index (χ0v) is 9.84. The lowest BCUT2D eigenvalue weighted by molar-refractivity contribution is 0.164. The number of likely N-dealkylation sites (tertiary alicyclic amines) is 1. The molecule has 2 fully saturated rings. The van der Waals surface area contributed by atoms with E-state index < -0.39 is 0 Å². The van der Waals surface area contributed by atoms with Gasteiger partial charge in [-0.3, -0.25) is 4.90 Å². The van der Waals surface area contributed by atoms with Gasteiger partial charge in [-0.05, 0) is 46.1 Å². The molecule has 2 saturated heterocycles. The molecule has 1 N–H and O–H groups in total. The van der Waals surface area contributed by atoms with Gasteiger partial charge in [-0.1, -0.05) is 6.42 Å². The Labute approximate surface area is 88.1 Å². The minimum Gasteiger partial charge on any atom is -0.312 e. The molecule has 14 heavy (non-hydrogen) atoms. The van der Waals surface area contributed by atoms with Crippen LogP contribution in [0.5, 0.6) is 0 Å². The van der Waals surface area contributed by atoms with E-state index in [0.29, 0.717) is 5.54 Å². The van der Waals surface area contributed by atoms with Gasteiger partial charge in [-0.15, -0.1) is 0 Å². The third-order valence-corrected chi connectivity index (χ3v) is 3.80. The normalized spacial score (nSPS) is 35.4. The maximum absolute atomic E-state index is 3.70. The van der Waals surface area contributed by atoms with E-state index in [1.54, 1.807) is 0 Å². The molecule has 2 aliphatic heterocycles. The van der Waals surface area contributed by atoms with Crippen molar-refractivity contribution < 1.29 is 0 Å². The van der Waals surface area contributed by atoms with Gasteiger partial charge in [0.05, 0.1) is 0 Å². The smallest absolute Gasteiger partial charge is 0.0235 e. The lowest BCUT2D eigenvalue weighted by atomic mass is 9.99. The van der Waals surface area contributed by atoms with Gasteiger partial charge in [0.25, 0.3) is 0 Å². The van der Waals surface area contributed by atoms with Gasteiger partial charge in [0.15, 0.2) is 0 Å². The molecule has 2 heterocycles. The van der Waals surface area contributed by atoms with Gasteiger partial charge < -0.3 is 5.32 Å². The molecular weight excluding hydrogens is 172 g/mol. The van der Waals surface area contributed by atoms with E-state index in [-0.39, 0.29) is 0 Å². The second kappa shape index (κ2) is 3.82. The van der Waals surface area contributed by atoms with Crippen LogP contribution in [-0.4, -0.2) is 36.1 Å². The second-order valence-corrected chi connectivity index (χ2v) is 5.89. The maximum atomic E-state index is 3.70. The van der Waals surface area contributed by atoms with E-state index in [9.17, 15) is 0 Å². The molecule has 82 valence electrons. The minimum atomic E-state index is 0.355. The van der Waals surface area contributed by atoms with Crippen LogP contribution in [0, 0.1) is 5.92 Å². The van der Waals surface area contributed by atoms with Gasteiger partial charge in [0, 0.05) is 24.7 Å². The first-order valence-corrected chi connectivity index (χ1v) is 6.06. The van der Waals surface area contributed by atoms with Crippen LogP contribution >= 0.6 is 0 Å². The molecule has 2 nitrogen and oxygen atoms in total. The topological polar surface area (TPSA) is 15.3 Å². The van der Waals surface area contributed by atoms with Crippen LogP contribution in [0.25, 0.3) is 0 Å². The fourth-order valence-electron chi connectivity index (χ4n) is 2.76. The molecule has 0 aliphatic carbocycles. The van der Waals surface area contributed by atoms with Crippen molar-refractivity contribution in [2.24, 2.45) is 5.92 Å². The van der Waals surface area contributed by atoms with E-state index in [0.717, 1.165) is 12.0 Å². The van der Waals surface area contributed by atoms with Crippen LogP contribution in [0.15, 0.2) is 0 Å². The molecule has 0 spiro atoms. The minimum absolute atomic E-state index is 0.355. The zero-order valence-electron chi connectivity index (χ0n) is 9.84. The molecule has 0 saturated carbocycles. The molecule has 0 aromatic rings. The van der Waals surface area contributed by atoms with E-state index in [4.69, 9.17) is 0 Å². The average Bonchev–Trinajstić information content (AvgIpc) is 2.38. The van der Waals surface area contributed by atoms with E-state index in [2.05, 4.69) is 31.0 Å². The highest BCUT2D eigenvalue weighted by molar-refractivity contribution is 4.94. The number of nitrogens with one attached hydrogen (secondary N) is 1. The van der Waals surface area contributed by atoms with Gasteiger partial charge in [0.2, 0.25) is 0 Å². The second-order valence-electron chi connectivity index (χ2n) is 5.89. The van der Waals surface area contributed by atoms with Gasteiger partial charge in [-0.25, -0.2) is 0 Å². The Morgan fingerprint density at radius 3 is 2.64 bits per heavy atom. The van der Waals surface area contributed by atoms with Crippen LogP contribution in [-0.2, 0) is 0 Å². The van der Waals surface area contributed by atoms with E-state index in [1.165, 1.54) is 38.9 Å². The summed E-state index contributed by atoms with van der Waals surface area (Å²) < 4.78 is 0. The van der Waals surface area contributed by atoms with E-state index in [1.807, 2.05) is 0 Å². The Kier molecular flexibility index (Phi) is 2.85. The highest BCUT2D eigenvalue weighted by Gasteiger charge is 2.37. The fourth-order valence-corrected chi connectivity index (χ4v) is 2.76. The van der Waals surface area contributed by atoms with Crippen LogP contribution in [0.2, 0.25) is 0 Å². The first-order chi connectivity index (χ1) is 6.57. The number of nitrogens with zero attached hydrogens (tertiary/aromatic N) is 1. The van der Waals surface area contributed by atoms with Crippen LogP contribution < -0.4 is 5.32 Å². The third-order valence-electron chi connectivity index (χ3n) is 3.80. The van der Waals surface area contributed by atoms with Gasteiger partial charge >= 0.3 is 0 Å². The summed E-state index contributed by atoms with van der Waals surface area (Å²) in [6, 6.07) is 0.775. The Hall–Kier alpha value is -0.0800. The Morgan fingerprint density at radius 2 is 1.93 bits per heavy atom. The number of hydrogen-bond acceptors (Lipinski definition) is 2. The van der Waals surface area contributed by atoms with Crippen LogP contribution in [0.4, 0.5) is 0 Å². The molecule has 2 aliphatic rings. The summed E-state index contributed by atoms with van der Waals surface area (Å²) in [5, 5.41) is 3.70. The standard InChI is InChI=1S/C12H24N2/c1-12(2,3)14-8-10-6-4-5-7-13-11(10)9-14/h10-11,13H,4-9H2,1-3H3. The molecule has 2 atom stereocenters. The number of fused-ring (bicyclic) bond motifs is 1. The molecule has 0 amide bonds. The quantitative estimate of drug-likeness (QED) is 0.636. The molecule has 0 radical (unpaired) electrons. The summed E-state index contributed by atoms with van der Waals surface area (Å²) >= 11 is 0. The first kappa shape index (κ1) is 10.4. The molecule has 2 heteroatoms. The predicted octanol–water partition coefficient (Wildman–Crippen LogP) is 1.86. The molecule has 2 unspecified atom stereocenters. The van der Waals surface area contributed by atoms with Crippen molar-refractivity contribution in [2.75, 3.05) is 19.6 Å². The van der Waals surface area contributed by atoms with Crippen molar-refractivity contribution in [1.82, 2.24) is 10.2 Å². The average molecular weight is 196 g/mol. The summed E-state index contributed by atoms with van der Waals surface area (Å²) in [6.45, 7) is 10.8. The number of hydrogen-bond donors (Lipinski definition) is 1. The third kappa shape index (κ3) is 2.12. The van der Waals surface area contributed by atoms with Crippen molar-refractivity contribution in [3.63, 3.8) is 0 Å². The van der Waals surface area contributed by atoms with Crippen molar-refractivity contribution in [2.45, 2.75) is 51.6 Å². The summed E-state index contributed by atoms with van der Waals surface area (Å²) in [5.41, 5.74) is 0.355. The van der Waals surface area contributed by atoms with Crippen molar-refractivity contribution in [1.29, 1.82) is 0 Å². The maximum Gasteiger partial charge on any atom is 0.0235 e. The molecule has 0 aromatic heterocycles. The van der Waals surface area contributed by atoms with E-state index >= 15 is 0 Å². The van der Waals surface area contributed by atoms with Crippen LogP contribution in [0.1, 0.15) is 40.0 Å². The summed E-state index contributed by atoms with van der Waals surface area (Å²) in [5.74, 6) is 0.914. The highest BCUT2D eigenvalue weighted by Crippen LogP contribution is 2.29. The molecular formula is C12H24N2. The lowest BCUT2D eigenvalue weighted by Gasteiger charge is -2.32. The van der Waals surface area contributed by atoms with Gasteiger partial charge in [0.1, 0.15) is 0 Å². The Bertz CT molecular complexity index is 181. The highest BCUT2D eigenvalue weighted by atomic mass is 15.2. The van der Waals surface area contributed by atoms with Crippen molar-refractivity contribution in [3.05, 3.63) is 0 Å². The number of rotatable bonds is 0. The van der Waals surface area contributed by atoms with Crippen molar-refractivity contribution in [3.8, 4) is 0 Å². The summed E-state index contributed by atoms with van der Waals surface area (Å²) in [7, 11) is 0. The Morgan fingerprint density at radius 1 is 1.14 bits per heavy atom. The fraction of sp³-hybridized carbons (Fsp3) is 1.00. The van der Waals surface area contributed by atoms with Crippen molar-refractivity contribution >= 4 is 0 Å². The first-order valence-electron chi connectivity index (χ1n) is 6.06. The van der Waals surface area contributed by atoms with Crippen LogP contribution in [0.3, 0.4) is 0 Å². The SMILES string of the molecule is CC(C)(C)N1CC2CCCCNC2C1. The lowest BCUT2D eigenvalue weighted by Crippen LogP contribution is -2.42. The monoisotopic (exact) mass is 196 g/mol. The summed E-state index contributed by atoms with van der Waals surface area (Å²) in [4.78, 5) is 2.64. The molecule has 0 aromatic carbocycles. The largest absolute Gasteiger partial charge is 0.312 e. The summed E-state index contributed by atoms with van der Waals surface area (Å²) in [6.07, 6.45) is 4.24. The molecule has 0 bridgehead atoms. The zero-order chi connectivity index (χ0) is 10.2. The Balaban J connectivity index is 1.98. The van der Waals surface area contributed by atoms with Gasteiger partial charge in [-0.2, -0.15) is 0 Å². The predicted molar refractivity (Wildman–Crippen MR) is 60.5 cm³/mol. The molecule has 2 rings (SSSR count).